The van der Waals surface area contributed by atoms with Crippen LogP contribution in [0.5, 0.6) is 0 Å². The number of hydroxylamine groups is 1. The van der Waals surface area contributed by atoms with E-state index in [1.165, 1.54) is 0 Å². The lowest BCUT2D eigenvalue weighted by Gasteiger charge is -2.07. The Bertz CT molecular complexity index is 174. The topological polar surface area (TPSA) is 84.6 Å². The van der Waals surface area contributed by atoms with E-state index in [1.807, 2.05) is 5.48 Å². The lowest BCUT2D eigenvalue weighted by atomic mass is 10.4. The normalized spacial score (nSPS) is 12.2. The largest absolute Gasteiger partial charge is 0.477 e. The van der Waals surface area contributed by atoms with Crippen molar-refractivity contribution in [2.45, 2.75) is 6.17 Å². The first-order valence-corrected chi connectivity index (χ1v) is 3.22. The fraction of sp³-hybridized carbons (Fsp3) is 0.500. The average molecular weight is 178 g/mol. The summed E-state index contributed by atoms with van der Waals surface area (Å²) in [6.45, 7) is 2.62. The van der Waals surface area contributed by atoms with Gasteiger partial charge >= 0.3 is 5.97 Å². The highest BCUT2D eigenvalue weighted by atomic mass is 19.1. The first-order valence-electron chi connectivity index (χ1n) is 3.22. The molecular weight excluding hydrogens is 167 g/mol. The molecule has 0 radical (unpaired) electrons. The Labute approximate surface area is 69.0 Å². The van der Waals surface area contributed by atoms with Crippen molar-refractivity contribution in [3.8, 4) is 0 Å². The Hall–Kier alpha value is -1.14. The second kappa shape index (κ2) is 5.50. The Morgan fingerprint density at radius 1 is 1.83 bits per heavy atom. The quantitative estimate of drug-likeness (QED) is 0.373. The number of hydrogen-bond acceptors (Lipinski definition) is 4. The first kappa shape index (κ1) is 10.9. The number of carbonyl (C=O) groups is 1. The smallest absolute Gasteiger partial charge is 0.353 e. The summed E-state index contributed by atoms with van der Waals surface area (Å²) < 4.78 is 12.3. The summed E-state index contributed by atoms with van der Waals surface area (Å²) in [5.74, 6) is -1.25. The van der Waals surface area contributed by atoms with Gasteiger partial charge in [0, 0.05) is 6.54 Å². The van der Waals surface area contributed by atoms with Crippen molar-refractivity contribution in [3.05, 3.63) is 12.3 Å². The molecule has 0 aromatic carbocycles. The fourth-order valence-electron chi connectivity index (χ4n) is 0.331. The van der Waals surface area contributed by atoms with Gasteiger partial charge in [0.1, 0.15) is 18.5 Å². The van der Waals surface area contributed by atoms with Crippen LogP contribution in [0.1, 0.15) is 0 Å². The molecule has 0 rings (SSSR count). The third-order valence-electron chi connectivity index (χ3n) is 0.973. The molecule has 0 aliphatic carbocycles. The zero-order valence-electron chi connectivity index (χ0n) is 6.42. The lowest BCUT2D eigenvalue weighted by Crippen LogP contribution is -2.27. The van der Waals surface area contributed by atoms with Gasteiger partial charge in [0.15, 0.2) is 0 Å². The van der Waals surface area contributed by atoms with Crippen molar-refractivity contribution in [2.24, 2.45) is 5.73 Å². The molecule has 0 aliphatic rings. The molecule has 0 spiro atoms. The summed E-state index contributed by atoms with van der Waals surface area (Å²) in [5, 5.41) is 8.24. The van der Waals surface area contributed by atoms with Crippen molar-refractivity contribution < 1.29 is 19.1 Å². The van der Waals surface area contributed by atoms with Gasteiger partial charge in [-0.1, -0.05) is 6.58 Å². The summed E-state index contributed by atoms with van der Waals surface area (Å²) in [4.78, 5) is 14.5. The zero-order chi connectivity index (χ0) is 9.56. The third-order valence-corrected chi connectivity index (χ3v) is 0.973. The molecule has 5 nitrogen and oxygen atoms in total. The van der Waals surface area contributed by atoms with E-state index >= 15 is 0 Å². The number of halogens is 1. The molecule has 0 aromatic heterocycles. The molecule has 0 amide bonds. The van der Waals surface area contributed by atoms with Gasteiger partial charge in [0.25, 0.3) is 0 Å². The summed E-state index contributed by atoms with van der Waals surface area (Å²) in [6.07, 6.45) is -1.31. The van der Waals surface area contributed by atoms with Crippen LogP contribution in [0.3, 0.4) is 0 Å². The molecule has 0 bridgehead atoms. The highest BCUT2D eigenvalue weighted by Gasteiger charge is 2.06. The molecule has 4 N–H and O–H groups in total. The number of aliphatic carboxylic acids is 1. The fourth-order valence-corrected chi connectivity index (χ4v) is 0.331. The Balaban J connectivity index is 3.44. The van der Waals surface area contributed by atoms with Crippen LogP contribution >= 0.6 is 0 Å². The average Bonchev–Trinajstić information content (AvgIpc) is 2.03. The monoisotopic (exact) mass is 178 g/mol. The molecule has 70 valence electrons. The molecule has 0 saturated carbocycles. The van der Waals surface area contributed by atoms with E-state index in [-0.39, 0.29) is 18.8 Å². The van der Waals surface area contributed by atoms with E-state index in [2.05, 4.69) is 11.4 Å². The highest BCUT2D eigenvalue weighted by Crippen LogP contribution is 1.89. The predicted octanol–water partition coefficient (Wildman–Crippen LogP) is -0.597. The number of carboxylic acid groups (broad SMARTS) is 1. The van der Waals surface area contributed by atoms with Gasteiger partial charge in [0.05, 0.1) is 0 Å². The van der Waals surface area contributed by atoms with E-state index in [9.17, 15) is 9.18 Å². The van der Waals surface area contributed by atoms with E-state index in [0.717, 1.165) is 0 Å². The first-order chi connectivity index (χ1) is 5.57. The maximum atomic E-state index is 12.3. The third kappa shape index (κ3) is 4.64. The molecule has 0 heterocycles. The SMILES string of the molecule is C=C(NOCC(F)CN)C(=O)O. The van der Waals surface area contributed by atoms with Crippen LogP contribution in [-0.2, 0) is 9.63 Å². The minimum absolute atomic E-state index is 0.165. The van der Waals surface area contributed by atoms with Crippen molar-refractivity contribution in [1.29, 1.82) is 0 Å². The molecule has 12 heavy (non-hydrogen) atoms. The molecule has 1 unspecified atom stereocenters. The van der Waals surface area contributed by atoms with Gasteiger partial charge in [-0.2, -0.15) is 0 Å². The van der Waals surface area contributed by atoms with Gasteiger partial charge in [-0.05, 0) is 0 Å². The molecule has 0 saturated heterocycles. The van der Waals surface area contributed by atoms with Gasteiger partial charge in [0.2, 0.25) is 0 Å². The standard InChI is InChI=1S/C6H11FN2O3/c1-4(6(10)11)9-12-3-5(7)2-8/h5,9H,1-3,8H2,(H,10,11). The second-order valence-corrected chi connectivity index (χ2v) is 2.03. The maximum Gasteiger partial charge on any atom is 0.353 e. The van der Waals surface area contributed by atoms with Gasteiger partial charge in [-0.3, -0.25) is 10.3 Å². The van der Waals surface area contributed by atoms with Crippen molar-refractivity contribution in [3.63, 3.8) is 0 Å². The Morgan fingerprint density at radius 2 is 2.42 bits per heavy atom. The summed E-state index contributed by atoms with van der Waals surface area (Å²) >= 11 is 0. The number of alkyl halides is 1. The van der Waals surface area contributed by atoms with Crippen molar-refractivity contribution in [2.75, 3.05) is 13.2 Å². The molecule has 6 heteroatoms. The van der Waals surface area contributed by atoms with Crippen LogP contribution in [0, 0.1) is 0 Å². The van der Waals surface area contributed by atoms with Crippen molar-refractivity contribution >= 4 is 5.97 Å². The van der Waals surface area contributed by atoms with Crippen molar-refractivity contribution in [1.82, 2.24) is 5.48 Å². The minimum Gasteiger partial charge on any atom is -0.477 e. The molecule has 0 aliphatic heterocycles. The van der Waals surface area contributed by atoms with Gasteiger partial charge in [-0.25, -0.2) is 9.18 Å². The zero-order valence-corrected chi connectivity index (χ0v) is 6.42. The Kier molecular flexibility index (Phi) is 4.98. The summed E-state index contributed by atoms with van der Waals surface area (Å²) in [6, 6.07) is 0. The number of nitrogens with one attached hydrogen (secondary N) is 1. The summed E-state index contributed by atoms with van der Waals surface area (Å²) in [5.41, 5.74) is 6.54. The van der Waals surface area contributed by atoms with Crippen LogP contribution < -0.4 is 11.2 Å². The molecule has 0 aromatic rings. The van der Waals surface area contributed by atoms with Gasteiger partial charge in [-0.15, -0.1) is 0 Å². The highest BCUT2D eigenvalue weighted by molar-refractivity contribution is 5.84. The minimum atomic E-state index is -1.31. The van der Waals surface area contributed by atoms with E-state index in [0.29, 0.717) is 0 Å². The summed E-state index contributed by atoms with van der Waals surface area (Å²) in [7, 11) is 0. The van der Waals surface area contributed by atoms with E-state index in [4.69, 9.17) is 10.8 Å². The van der Waals surface area contributed by atoms with Crippen LogP contribution in [-0.4, -0.2) is 30.4 Å². The van der Waals surface area contributed by atoms with Crippen LogP contribution in [0.4, 0.5) is 4.39 Å². The Morgan fingerprint density at radius 3 is 2.83 bits per heavy atom. The molecule has 1 atom stereocenters. The number of carboxylic acids is 1. The van der Waals surface area contributed by atoms with E-state index in [1.54, 1.807) is 0 Å². The van der Waals surface area contributed by atoms with E-state index < -0.39 is 12.1 Å². The van der Waals surface area contributed by atoms with Gasteiger partial charge < -0.3 is 10.8 Å². The van der Waals surface area contributed by atoms with Crippen LogP contribution in [0.25, 0.3) is 0 Å². The second-order valence-electron chi connectivity index (χ2n) is 2.03. The number of rotatable bonds is 6. The van der Waals surface area contributed by atoms with Crippen LogP contribution in [0.15, 0.2) is 12.3 Å². The maximum absolute atomic E-state index is 12.3. The predicted molar refractivity (Wildman–Crippen MR) is 39.8 cm³/mol. The lowest BCUT2D eigenvalue weighted by molar-refractivity contribution is -0.134. The molecular formula is C6H11FN2O3. The van der Waals surface area contributed by atoms with Crippen LogP contribution in [0.2, 0.25) is 0 Å². The number of nitrogens with two attached hydrogens (primary N) is 1. The number of hydrogen-bond donors (Lipinski definition) is 3. The molecule has 0 fully saturated rings.